The molecule has 2 N–H and O–H groups in total. The van der Waals surface area contributed by atoms with Crippen LogP contribution in [0.4, 0.5) is 10.1 Å². The van der Waals surface area contributed by atoms with Crippen LogP contribution in [-0.4, -0.2) is 25.7 Å². The number of piperidine rings is 1. The van der Waals surface area contributed by atoms with E-state index in [4.69, 9.17) is 10.5 Å². The summed E-state index contributed by atoms with van der Waals surface area (Å²) < 4.78 is 19.4. The van der Waals surface area contributed by atoms with E-state index in [-0.39, 0.29) is 11.9 Å². The van der Waals surface area contributed by atoms with Crippen LogP contribution < -0.4 is 15.4 Å². The molecule has 1 heterocycles. The molecule has 0 unspecified atom stereocenters. The number of halogens is 1. The van der Waals surface area contributed by atoms with Gasteiger partial charge in [-0.05, 0) is 31.4 Å². The molecule has 1 aliphatic rings. The summed E-state index contributed by atoms with van der Waals surface area (Å²) in [6, 6.07) is 5.37. The molecule has 1 aromatic carbocycles. The van der Waals surface area contributed by atoms with E-state index in [2.05, 4.69) is 4.90 Å². The van der Waals surface area contributed by atoms with Crippen molar-refractivity contribution in [2.24, 2.45) is 5.73 Å². The quantitative estimate of drug-likeness (QED) is 0.895. The van der Waals surface area contributed by atoms with Crippen LogP contribution in [0, 0.1) is 5.82 Å². The summed E-state index contributed by atoms with van der Waals surface area (Å²) in [6.07, 6.45) is 2.77. The fourth-order valence-electron chi connectivity index (χ4n) is 2.19. The molecule has 0 atom stereocenters. The molecule has 18 heavy (non-hydrogen) atoms. The molecule has 1 fully saturated rings. The molecule has 1 aromatic rings. The lowest BCUT2D eigenvalue weighted by molar-refractivity contribution is 0.316. The molecule has 0 aliphatic carbocycles. The Labute approximate surface area is 108 Å². The highest BCUT2D eigenvalue weighted by Gasteiger charge is 2.19. The second kappa shape index (κ2) is 6.05. The Balaban J connectivity index is 2.05. The van der Waals surface area contributed by atoms with Gasteiger partial charge in [0.15, 0.2) is 0 Å². The van der Waals surface area contributed by atoms with E-state index in [0.717, 1.165) is 32.4 Å². The van der Waals surface area contributed by atoms with Crippen LogP contribution in [0.2, 0.25) is 0 Å². The predicted molar refractivity (Wildman–Crippen MR) is 71.6 cm³/mol. The van der Waals surface area contributed by atoms with Crippen LogP contribution in [0.5, 0.6) is 5.75 Å². The van der Waals surface area contributed by atoms with Crippen LogP contribution in [0.3, 0.4) is 0 Å². The average molecular weight is 252 g/mol. The maximum Gasteiger partial charge on any atom is 0.150 e. The summed E-state index contributed by atoms with van der Waals surface area (Å²) in [5.41, 5.74) is 6.51. The van der Waals surface area contributed by atoms with Crippen molar-refractivity contribution in [1.82, 2.24) is 0 Å². The van der Waals surface area contributed by atoms with Gasteiger partial charge in [-0.3, -0.25) is 0 Å². The molecule has 0 saturated carbocycles. The molecular formula is C14H21FN2O. The first-order valence-electron chi connectivity index (χ1n) is 6.63. The van der Waals surface area contributed by atoms with E-state index in [1.807, 2.05) is 13.0 Å². The van der Waals surface area contributed by atoms with Crippen molar-refractivity contribution < 1.29 is 9.13 Å². The van der Waals surface area contributed by atoms with Gasteiger partial charge in [0.1, 0.15) is 11.6 Å². The van der Waals surface area contributed by atoms with E-state index in [1.165, 1.54) is 6.07 Å². The van der Waals surface area contributed by atoms with Gasteiger partial charge >= 0.3 is 0 Å². The lowest BCUT2D eigenvalue weighted by Crippen LogP contribution is -2.40. The number of ether oxygens (including phenoxy) is 1. The number of nitrogens with zero attached hydrogens (tertiary/aromatic N) is 1. The maximum atomic E-state index is 14.0. The predicted octanol–water partition coefficient (Wildman–Crippen LogP) is 2.54. The third kappa shape index (κ3) is 3.13. The maximum absolute atomic E-state index is 14.0. The number of hydrogen-bond donors (Lipinski definition) is 1. The van der Waals surface area contributed by atoms with E-state index >= 15 is 0 Å². The normalized spacial score (nSPS) is 16.9. The van der Waals surface area contributed by atoms with Gasteiger partial charge in [0.05, 0.1) is 12.3 Å². The molecule has 0 amide bonds. The first-order valence-corrected chi connectivity index (χ1v) is 6.63. The first kappa shape index (κ1) is 13.1. The Morgan fingerprint density at radius 2 is 2.11 bits per heavy atom. The van der Waals surface area contributed by atoms with E-state index in [1.54, 1.807) is 6.07 Å². The summed E-state index contributed by atoms with van der Waals surface area (Å²) >= 11 is 0. The van der Waals surface area contributed by atoms with Crippen LogP contribution in [-0.2, 0) is 0 Å². The van der Waals surface area contributed by atoms with Gasteiger partial charge in [0, 0.05) is 25.2 Å². The molecule has 1 saturated heterocycles. The summed E-state index contributed by atoms with van der Waals surface area (Å²) in [7, 11) is 0. The van der Waals surface area contributed by atoms with Gasteiger partial charge < -0.3 is 15.4 Å². The Hall–Kier alpha value is -1.29. The third-order valence-electron chi connectivity index (χ3n) is 3.27. The van der Waals surface area contributed by atoms with Gasteiger partial charge in [-0.15, -0.1) is 0 Å². The Morgan fingerprint density at radius 1 is 1.39 bits per heavy atom. The van der Waals surface area contributed by atoms with Gasteiger partial charge in [-0.2, -0.15) is 0 Å². The standard InChI is InChI=1S/C14H21FN2O/c1-2-9-18-12-3-4-14(13(15)10-12)17-7-5-11(16)6-8-17/h3-4,10-11H,2,5-9,16H2,1H3. The molecule has 2 rings (SSSR count). The minimum absolute atomic E-state index is 0.209. The van der Waals surface area contributed by atoms with Crippen LogP contribution >= 0.6 is 0 Å². The molecule has 3 nitrogen and oxygen atoms in total. The number of rotatable bonds is 4. The van der Waals surface area contributed by atoms with Crippen molar-refractivity contribution in [2.75, 3.05) is 24.6 Å². The first-order chi connectivity index (χ1) is 8.70. The van der Waals surface area contributed by atoms with Gasteiger partial charge in [-0.25, -0.2) is 4.39 Å². The van der Waals surface area contributed by atoms with E-state index in [9.17, 15) is 4.39 Å². The largest absolute Gasteiger partial charge is 0.493 e. The van der Waals surface area contributed by atoms with Gasteiger partial charge in [0.2, 0.25) is 0 Å². The summed E-state index contributed by atoms with van der Waals surface area (Å²) in [5, 5.41) is 0. The second-order valence-electron chi connectivity index (χ2n) is 4.79. The SMILES string of the molecule is CCCOc1ccc(N2CCC(N)CC2)c(F)c1. The van der Waals surface area contributed by atoms with Crippen molar-refractivity contribution in [3.05, 3.63) is 24.0 Å². The van der Waals surface area contributed by atoms with Gasteiger partial charge in [-0.1, -0.05) is 6.92 Å². The molecule has 0 radical (unpaired) electrons. The van der Waals surface area contributed by atoms with Crippen molar-refractivity contribution >= 4 is 5.69 Å². The number of benzene rings is 1. The molecule has 1 aliphatic heterocycles. The summed E-state index contributed by atoms with van der Waals surface area (Å²) in [4.78, 5) is 2.06. The highest BCUT2D eigenvalue weighted by atomic mass is 19.1. The molecular weight excluding hydrogens is 231 g/mol. The minimum Gasteiger partial charge on any atom is -0.493 e. The van der Waals surface area contributed by atoms with Crippen molar-refractivity contribution in [3.63, 3.8) is 0 Å². The highest BCUT2D eigenvalue weighted by Crippen LogP contribution is 2.26. The Bertz CT molecular complexity index is 389. The number of hydrogen-bond acceptors (Lipinski definition) is 3. The smallest absolute Gasteiger partial charge is 0.150 e. The van der Waals surface area contributed by atoms with Crippen LogP contribution in [0.25, 0.3) is 0 Å². The third-order valence-corrected chi connectivity index (χ3v) is 3.27. The molecule has 100 valence electrons. The minimum atomic E-state index is -0.209. The Kier molecular flexibility index (Phi) is 4.42. The zero-order valence-electron chi connectivity index (χ0n) is 10.9. The lowest BCUT2D eigenvalue weighted by Gasteiger charge is -2.32. The molecule has 0 spiro atoms. The summed E-state index contributed by atoms with van der Waals surface area (Å²) in [5.74, 6) is 0.394. The average Bonchev–Trinajstić information content (AvgIpc) is 2.38. The molecule has 0 bridgehead atoms. The van der Waals surface area contributed by atoms with E-state index in [0.29, 0.717) is 18.0 Å². The fraction of sp³-hybridized carbons (Fsp3) is 0.571. The number of anilines is 1. The fourth-order valence-corrected chi connectivity index (χ4v) is 2.19. The lowest BCUT2D eigenvalue weighted by atomic mass is 10.1. The molecule has 0 aromatic heterocycles. The Morgan fingerprint density at radius 3 is 2.72 bits per heavy atom. The summed E-state index contributed by atoms with van der Waals surface area (Å²) in [6.45, 7) is 4.31. The molecule has 4 heteroatoms. The number of nitrogens with two attached hydrogens (primary N) is 1. The zero-order valence-corrected chi connectivity index (χ0v) is 10.9. The monoisotopic (exact) mass is 252 g/mol. The van der Waals surface area contributed by atoms with Crippen molar-refractivity contribution in [1.29, 1.82) is 0 Å². The zero-order chi connectivity index (χ0) is 13.0. The highest BCUT2D eigenvalue weighted by molar-refractivity contribution is 5.51. The van der Waals surface area contributed by atoms with Gasteiger partial charge in [0.25, 0.3) is 0 Å². The van der Waals surface area contributed by atoms with Crippen molar-refractivity contribution in [3.8, 4) is 5.75 Å². The van der Waals surface area contributed by atoms with Crippen LogP contribution in [0.1, 0.15) is 26.2 Å². The topological polar surface area (TPSA) is 38.5 Å². The van der Waals surface area contributed by atoms with Crippen LogP contribution in [0.15, 0.2) is 18.2 Å². The second-order valence-corrected chi connectivity index (χ2v) is 4.79. The van der Waals surface area contributed by atoms with E-state index < -0.39 is 0 Å². The van der Waals surface area contributed by atoms with Crippen molar-refractivity contribution in [2.45, 2.75) is 32.2 Å².